The first-order valence-electron chi connectivity index (χ1n) is 5.27. The van der Waals surface area contributed by atoms with Crippen LogP contribution in [0.2, 0.25) is 0 Å². The molecular weight excluding hydrogens is 188 g/mol. The normalized spacial score (nSPS) is 13.3. The van der Waals surface area contributed by atoms with Gasteiger partial charge in [-0.25, -0.2) is 4.79 Å². The Morgan fingerprint density at radius 3 is 2.93 bits per heavy atom. The molecule has 1 aromatic rings. The van der Waals surface area contributed by atoms with Crippen LogP contribution in [0.3, 0.4) is 0 Å². The first kappa shape index (κ1) is 9.97. The summed E-state index contributed by atoms with van der Waals surface area (Å²) in [5, 5.41) is 0. The van der Waals surface area contributed by atoms with Gasteiger partial charge in [-0.2, -0.15) is 0 Å². The highest BCUT2D eigenvalue weighted by atomic mass is 16.5. The van der Waals surface area contributed by atoms with E-state index in [2.05, 4.69) is 0 Å². The lowest BCUT2D eigenvalue weighted by Gasteiger charge is -2.02. The fourth-order valence-electron chi connectivity index (χ4n) is 1.70. The van der Waals surface area contributed by atoms with Gasteiger partial charge >= 0.3 is 5.97 Å². The van der Waals surface area contributed by atoms with Crippen LogP contribution in [-0.2, 0) is 16.0 Å². The molecule has 0 aromatic heterocycles. The molecule has 0 atom stereocenters. The van der Waals surface area contributed by atoms with Gasteiger partial charge in [-0.05, 0) is 23.6 Å². The zero-order valence-corrected chi connectivity index (χ0v) is 8.82. The molecule has 0 radical (unpaired) electrons. The molecule has 0 unspecified atom stereocenters. The molecule has 2 nitrogen and oxygen atoms in total. The fraction of sp³-hybridized carbons (Fsp3) is 0.308. The van der Waals surface area contributed by atoms with Gasteiger partial charge in [0.15, 0.2) is 0 Å². The van der Waals surface area contributed by atoms with Crippen LogP contribution >= 0.6 is 0 Å². The van der Waals surface area contributed by atoms with Crippen molar-refractivity contribution < 1.29 is 9.53 Å². The van der Waals surface area contributed by atoms with E-state index in [9.17, 15) is 4.79 Å². The maximum Gasteiger partial charge on any atom is 0.334 e. The second kappa shape index (κ2) is 4.30. The smallest absolute Gasteiger partial charge is 0.334 e. The first-order valence-corrected chi connectivity index (χ1v) is 5.27. The van der Waals surface area contributed by atoms with Gasteiger partial charge in [0.1, 0.15) is 0 Å². The Morgan fingerprint density at radius 2 is 2.20 bits per heavy atom. The van der Waals surface area contributed by atoms with Crippen molar-refractivity contribution in [1.29, 1.82) is 0 Å². The van der Waals surface area contributed by atoms with E-state index in [1.807, 2.05) is 37.3 Å². The van der Waals surface area contributed by atoms with Gasteiger partial charge in [-0.3, -0.25) is 0 Å². The standard InChI is InChI=1S/C13H14O2/c1-2-7-15-13(14)12-8-10-5-3-4-6-11(10)9-12/h3-6,8H,2,7,9H2,1H3. The van der Waals surface area contributed by atoms with Crippen molar-refractivity contribution in [3.8, 4) is 0 Å². The number of fused-ring (bicyclic) bond motifs is 1. The maximum absolute atomic E-state index is 11.6. The highest BCUT2D eigenvalue weighted by Crippen LogP contribution is 2.25. The number of rotatable bonds is 3. The molecule has 0 heterocycles. The third kappa shape index (κ3) is 2.09. The fourth-order valence-corrected chi connectivity index (χ4v) is 1.70. The van der Waals surface area contributed by atoms with Gasteiger partial charge in [0.05, 0.1) is 6.61 Å². The molecule has 1 aromatic carbocycles. The van der Waals surface area contributed by atoms with Crippen LogP contribution < -0.4 is 0 Å². The van der Waals surface area contributed by atoms with Gasteiger partial charge in [-0.15, -0.1) is 0 Å². The number of ether oxygens (including phenoxy) is 1. The van der Waals surface area contributed by atoms with Gasteiger partial charge < -0.3 is 4.74 Å². The molecular formula is C13H14O2. The monoisotopic (exact) mass is 202 g/mol. The lowest BCUT2D eigenvalue weighted by Crippen LogP contribution is -2.08. The van der Waals surface area contributed by atoms with E-state index in [0.29, 0.717) is 13.0 Å². The average Bonchev–Trinajstić information content (AvgIpc) is 2.69. The first-order chi connectivity index (χ1) is 7.31. The molecule has 2 rings (SSSR count). The molecule has 0 saturated carbocycles. The minimum Gasteiger partial charge on any atom is -0.462 e. The molecule has 0 N–H and O–H groups in total. The molecule has 0 fully saturated rings. The predicted octanol–water partition coefficient (Wildman–Crippen LogP) is 2.58. The van der Waals surface area contributed by atoms with Crippen molar-refractivity contribution in [2.24, 2.45) is 0 Å². The van der Waals surface area contributed by atoms with Crippen LogP contribution in [0.1, 0.15) is 24.5 Å². The van der Waals surface area contributed by atoms with E-state index in [1.165, 1.54) is 5.56 Å². The van der Waals surface area contributed by atoms with Crippen molar-refractivity contribution >= 4 is 12.0 Å². The summed E-state index contributed by atoms with van der Waals surface area (Å²) < 4.78 is 5.10. The van der Waals surface area contributed by atoms with Crippen LogP contribution in [0.5, 0.6) is 0 Å². The van der Waals surface area contributed by atoms with Crippen LogP contribution in [0.25, 0.3) is 6.08 Å². The van der Waals surface area contributed by atoms with Crippen LogP contribution in [-0.4, -0.2) is 12.6 Å². The molecule has 0 bridgehead atoms. The van der Waals surface area contributed by atoms with Gasteiger partial charge in [-0.1, -0.05) is 31.2 Å². The van der Waals surface area contributed by atoms with E-state index in [0.717, 1.165) is 17.6 Å². The molecule has 0 saturated heterocycles. The minimum absolute atomic E-state index is 0.173. The lowest BCUT2D eigenvalue weighted by molar-refractivity contribution is -0.139. The average molecular weight is 202 g/mol. The molecule has 78 valence electrons. The molecule has 0 amide bonds. The molecule has 0 spiro atoms. The van der Waals surface area contributed by atoms with E-state index < -0.39 is 0 Å². The zero-order chi connectivity index (χ0) is 10.7. The van der Waals surface area contributed by atoms with Crippen molar-refractivity contribution in [3.63, 3.8) is 0 Å². The Balaban J connectivity index is 2.07. The number of hydrogen-bond acceptors (Lipinski definition) is 2. The molecule has 1 aliphatic carbocycles. The molecule has 15 heavy (non-hydrogen) atoms. The van der Waals surface area contributed by atoms with E-state index in [4.69, 9.17) is 4.74 Å². The summed E-state index contributed by atoms with van der Waals surface area (Å²) >= 11 is 0. The SMILES string of the molecule is CCCOC(=O)C1=Cc2ccccc2C1. The number of hydrogen-bond donors (Lipinski definition) is 0. The summed E-state index contributed by atoms with van der Waals surface area (Å²) in [6.07, 6.45) is 3.50. The van der Waals surface area contributed by atoms with Crippen LogP contribution in [0, 0.1) is 0 Å². The largest absolute Gasteiger partial charge is 0.462 e. The zero-order valence-electron chi connectivity index (χ0n) is 8.82. The van der Waals surface area contributed by atoms with Gasteiger partial charge in [0, 0.05) is 12.0 Å². The van der Waals surface area contributed by atoms with Crippen molar-refractivity contribution in [1.82, 2.24) is 0 Å². The maximum atomic E-state index is 11.6. The van der Waals surface area contributed by atoms with E-state index in [-0.39, 0.29) is 5.97 Å². The summed E-state index contributed by atoms with van der Waals surface area (Å²) in [6, 6.07) is 8.05. The van der Waals surface area contributed by atoms with Crippen molar-refractivity contribution in [3.05, 3.63) is 41.0 Å². The summed E-state index contributed by atoms with van der Waals surface area (Å²) in [7, 11) is 0. The molecule has 0 aliphatic heterocycles. The van der Waals surface area contributed by atoms with Crippen LogP contribution in [0.4, 0.5) is 0 Å². The number of benzene rings is 1. The Labute approximate surface area is 89.6 Å². The third-order valence-electron chi connectivity index (χ3n) is 2.47. The lowest BCUT2D eigenvalue weighted by atomic mass is 10.1. The highest BCUT2D eigenvalue weighted by Gasteiger charge is 2.18. The quantitative estimate of drug-likeness (QED) is 0.704. The van der Waals surface area contributed by atoms with Crippen LogP contribution in [0.15, 0.2) is 29.8 Å². The summed E-state index contributed by atoms with van der Waals surface area (Å²) in [6.45, 7) is 2.50. The Hall–Kier alpha value is -1.57. The van der Waals surface area contributed by atoms with Gasteiger partial charge in [0.2, 0.25) is 0 Å². The number of carbonyl (C=O) groups is 1. The second-order valence-electron chi connectivity index (χ2n) is 3.68. The third-order valence-corrected chi connectivity index (χ3v) is 2.47. The Bertz CT molecular complexity index is 405. The summed E-state index contributed by atoms with van der Waals surface area (Å²) in [4.78, 5) is 11.6. The Kier molecular flexibility index (Phi) is 2.86. The predicted molar refractivity (Wildman–Crippen MR) is 59.4 cm³/mol. The second-order valence-corrected chi connectivity index (χ2v) is 3.68. The molecule has 1 aliphatic rings. The Morgan fingerprint density at radius 1 is 1.40 bits per heavy atom. The summed E-state index contributed by atoms with van der Waals surface area (Å²) in [5.74, 6) is -0.173. The number of esters is 1. The summed E-state index contributed by atoms with van der Waals surface area (Å²) in [5.41, 5.74) is 3.12. The highest BCUT2D eigenvalue weighted by molar-refractivity contribution is 5.96. The van der Waals surface area contributed by atoms with E-state index in [1.54, 1.807) is 0 Å². The minimum atomic E-state index is -0.173. The number of carbonyl (C=O) groups excluding carboxylic acids is 1. The van der Waals surface area contributed by atoms with Crippen molar-refractivity contribution in [2.75, 3.05) is 6.61 Å². The van der Waals surface area contributed by atoms with Crippen molar-refractivity contribution in [2.45, 2.75) is 19.8 Å². The van der Waals surface area contributed by atoms with Gasteiger partial charge in [0.25, 0.3) is 0 Å². The molecule has 2 heteroatoms. The van der Waals surface area contributed by atoms with E-state index >= 15 is 0 Å². The topological polar surface area (TPSA) is 26.3 Å².